The van der Waals surface area contributed by atoms with Gasteiger partial charge in [0.05, 0.1) is 10.5 Å². The van der Waals surface area contributed by atoms with Crippen LogP contribution in [0.1, 0.15) is 16.1 Å². The summed E-state index contributed by atoms with van der Waals surface area (Å²) in [5.74, 6) is -0.679. The molecule has 3 rings (SSSR count). The van der Waals surface area contributed by atoms with Crippen LogP contribution in [0.5, 0.6) is 0 Å². The van der Waals surface area contributed by atoms with Gasteiger partial charge in [0.25, 0.3) is 5.91 Å². The first-order chi connectivity index (χ1) is 10.1. The van der Waals surface area contributed by atoms with Gasteiger partial charge < -0.3 is 5.32 Å². The number of nitrogens with zero attached hydrogens (tertiary/aromatic N) is 2. The molecule has 106 valence electrons. The second-order valence-electron chi connectivity index (χ2n) is 4.50. The Hall–Kier alpha value is -2.40. The summed E-state index contributed by atoms with van der Waals surface area (Å²) in [5.41, 5.74) is 1.64. The molecule has 1 N–H and O–H groups in total. The SMILES string of the molecule is O=C(NCc1ccc(F)cc1)c1nn2ccccc2c1Cl. The van der Waals surface area contributed by atoms with E-state index < -0.39 is 0 Å². The Morgan fingerprint density at radius 2 is 2.00 bits per heavy atom. The van der Waals surface area contributed by atoms with Crippen LogP contribution in [-0.4, -0.2) is 15.5 Å². The van der Waals surface area contributed by atoms with Crippen LogP contribution in [-0.2, 0) is 6.54 Å². The Bertz CT molecular complexity index is 798. The van der Waals surface area contributed by atoms with E-state index in [1.54, 1.807) is 35.0 Å². The largest absolute Gasteiger partial charge is 0.347 e. The average molecular weight is 304 g/mol. The molecule has 0 aliphatic carbocycles. The van der Waals surface area contributed by atoms with E-state index in [2.05, 4.69) is 10.4 Å². The molecule has 2 heterocycles. The number of amides is 1. The standard InChI is InChI=1S/C15H11ClFN3O/c16-13-12-3-1-2-8-20(12)19-14(13)15(21)18-9-10-4-6-11(17)7-5-10/h1-8H,9H2,(H,18,21). The Labute approximate surface area is 125 Å². The van der Waals surface area contributed by atoms with Crippen molar-refractivity contribution in [2.45, 2.75) is 6.54 Å². The highest BCUT2D eigenvalue weighted by Gasteiger charge is 2.17. The Morgan fingerprint density at radius 1 is 1.24 bits per heavy atom. The van der Waals surface area contributed by atoms with Gasteiger partial charge in [-0.05, 0) is 29.8 Å². The van der Waals surface area contributed by atoms with Gasteiger partial charge in [0.1, 0.15) is 5.82 Å². The molecule has 2 aromatic heterocycles. The van der Waals surface area contributed by atoms with Gasteiger partial charge in [0.2, 0.25) is 0 Å². The lowest BCUT2D eigenvalue weighted by Crippen LogP contribution is -2.23. The van der Waals surface area contributed by atoms with Crippen LogP contribution in [0.4, 0.5) is 4.39 Å². The lowest BCUT2D eigenvalue weighted by atomic mass is 10.2. The smallest absolute Gasteiger partial charge is 0.273 e. The summed E-state index contributed by atoms with van der Waals surface area (Å²) < 4.78 is 14.4. The maximum atomic E-state index is 12.8. The van der Waals surface area contributed by atoms with Crippen molar-refractivity contribution in [3.8, 4) is 0 Å². The van der Waals surface area contributed by atoms with Crippen LogP contribution < -0.4 is 5.32 Å². The third-order valence-electron chi connectivity index (χ3n) is 3.06. The monoisotopic (exact) mass is 303 g/mol. The van der Waals surface area contributed by atoms with Crippen molar-refractivity contribution in [1.82, 2.24) is 14.9 Å². The predicted molar refractivity (Wildman–Crippen MR) is 77.8 cm³/mol. The van der Waals surface area contributed by atoms with Gasteiger partial charge in [-0.3, -0.25) is 4.79 Å². The minimum absolute atomic E-state index is 0.171. The zero-order valence-corrected chi connectivity index (χ0v) is 11.6. The number of rotatable bonds is 3. The van der Waals surface area contributed by atoms with Crippen molar-refractivity contribution in [3.05, 3.63) is 70.8 Å². The van der Waals surface area contributed by atoms with Gasteiger partial charge in [-0.15, -0.1) is 0 Å². The highest BCUT2D eigenvalue weighted by Crippen LogP contribution is 2.21. The molecule has 0 fully saturated rings. The Balaban J connectivity index is 1.78. The van der Waals surface area contributed by atoms with Crippen LogP contribution in [0.2, 0.25) is 5.02 Å². The zero-order chi connectivity index (χ0) is 14.8. The van der Waals surface area contributed by atoms with E-state index in [1.807, 2.05) is 6.07 Å². The van der Waals surface area contributed by atoms with E-state index in [0.717, 1.165) is 5.56 Å². The topological polar surface area (TPSA) is 46.4 Å². The van der Waals surface area contributed by atoms with Gasteiger partial charge in [0, 0.05) is 12.7 Å². The number of carbonyl (C=O) groups is 1. The van der Waals surface area contributed by atoms with E-state index in [4.69, 9.17) is 11.6 Å². The zero-order valence-electron chi connectivity index (χ0n) is 10.9. The summed E-state index contributed by atoms with van der Waals surface area (Å²) in [5, 5.41) is 7.18. The predicted octanol–water partition coefficient (Wildman–Crippen LogP) is 3.06. The molecule has 0 unspecified atom stereocenters. The van der Waals surface area contributed by atoms with Crippen molar-refractivity contribution in [2.75, 3.05) is 0 Å². The molecular weight excluding hydrogens is 293 g/mol. The molecule has 3 aromatic rings. The molecule has 0 spiro atoms. The minimum atomic E-state index is -0.368. The number of pyridine rings is 1. The van der Waals surface area contributed by atoms with Gasteiger partial charge in [0.15, 0.2) is 5.69 Å². The van der Waals surface area contributed by atoms with E-state index >= 15 is 0 Å². The van der Waals surface area contributed by atoms with E-state index in [-0.39, 0.29) is 24.0 Å². The summed E-state index contributed by atoms with van der Waals surface area (Å²) in [4.78, 5) is 12.1. The Morgan fingerprint density at radius 3 is 2.71 bits per heavy atom. The van der Waals surface area contributed by atoms with Crippen LogP contribution in [0.15, 0.2) is 48.7 Å². The Kier molecular flexibility index (Phi) is 3.58. The first-order valence-electron chi connectivity index (χ1n) is 6.30. The van der Waals surface area contributed by atoms with Gasteiger partial charge in [-0.25, -0.2) is 8.91 Å². The molecule has 0 atom stereocenters. The number of benzene rings is 1. The molecule has 0 saturated carbocycles. The first-order valence-corrected chi connectivity index (χ1v) is 6.68. The molecule has 4 nitrogen and oxygen atoms in total. The summed E-state index contributed by atoms with van der Waals surface area (Å²) >= 11 is 6.16. The van der Waals surface area contributed by atoms with E-state index in [9.17, 15) is 9.18 Å². The number of hydrogen-bond acceptors (Lipinski definition) is 2. The molecule has 0 aliphatic rings. The second kappa shape index (κ2) is 5.54. The lowest BCUT2D eigenvalue weighted by Gasteiger charge is -2.03. The van der Waals surface area contributed by atoms with Crippen LogP contribution in [0.25, 0.3) is 5.52 Å². The van der Waals surface area contributed by atoms with Gasteiger partial charge in [-0.2, -0.15) is 5.10 Å². The molecule has 0 bridgehead atoms. The van der Waals surface area contributed by atoms with Crippen molar-refractivity contribution in [1.29, 1.82) is 0 Å². The summed E-state index contributed by atoms with van der Waals surface area (Å²) in [6.07, 6.45) is 1.72. The number of halogens is 2. The number of aromatic nitrogens is 2. The maximum Gasteiger partial charge on any atom is 0.273 e. The number of fused-ring (bicyclic) bond motifs is 1. The van der Waals surface area contributed by atoms with Crippen molar-refractivity contribution in [3.63, 3.8) is 0 Å². The maximum absolute atomic E-state index is 12.8. The highest BCUT2D eigenvalue weighted by atomic mass is 35.5. The molecular formula is C15H11ClFN3O. The normalized spacial score (nSPS) is 10.8. The van der Waals surface area contributed by atoms with Crippen molar-refractivity contribution < 1.29 is 9.18 Å². The fourth-order valence-electron chi connectivity index (χ4n) is 1.98. The first kappa shape index (κ1) is 13.6. The minimum Gasteiger partial charge on any atom is -0.347 e. The quantitative estimate of drug-likeness (QED) is 0.808. The third-order valence-corrected chi connectivity index (χ3v) is 3.43. The second-order valence-corrected chi connectivity index (χ2v) is 4.88. The van der Waals surface area contributed by atoms with Crippen LogP contribution in [0.3, 0.4) is 0 Å². The average Bonchev–Trinajstić information content (AvgIpc) is 2.84. The number of hydrogen-bond donors (Lipinski definition) is 1. The van der Waals surface area contributed by atoms with Crippen molar-refractivity contribution in [2.24, 2.45) is 0 Å². The van der Waals surface area contributed by atoms with Crippen LogP contribution >= 0.6 is 11.6 Å². The molecule has 0 aliphatic heterocycles. The van der Waals surface area contributed by atoms with Gasteiger partial charge >= 0.3 is 0 Å². The molecule has 1 amide bonds. The van der Waals surface area contributed by atoms with Gasteiger partial charge in [-0.1, -0.05) is 29.8 Å². The summed E-state index contributed by atoms with van der Waals surface area (Å²) in [7, 11) is 0. The summed E-state index contributed by atoms with van der Waals surface area (Å²) in [6.45, 7) is 0.281. The van der Waals surface area contributed by atoms with Crippen molar-refractivity contribution >= 4 is 23.0 Å². The molecule has 21 heavy (non-hydrogen) atoms. The molecule has 6 heteroatoms. The van der Waals surface area contributed by atoms with E-state index in [1.165, 1.54) is 12.1 Å². The lowest BCUT2D eigenvalue weighted by molar-refractivity contribution is 0.0945. The molecule has 0 saturated heterocycles. The van der Waals surface area contributed by atoms with E-state index in [0.29, 0.717) is 10.5 Å². The van der Waals surface area contributed by atoms with Crippen LogP contribution in [0, 0.1) is 5.82 Å². The summed E-state index contributed by atoms with van der Waals surface area (Å²) in [6, 6.07) is 11.3. The third kappa shape index (κ3) is 2.73. The number of carbonyl (C=O) groups excluding carboxylic acids is 1. The molecule has 0 radical (unpaired) electrons. The fraction of sp³-hybridized carbons (Fsp3) is 0.0667. The fourth-order valence-corrected chi connectivity index (χ4v) is 2.26. The number of nitrogens with one attached hydrogen (secondary N) is 1. The highest BCUT2D eigenvalue weighted by molar-refractivity contribution is 6.36. The molecule has 1 aromatic carbocycles.